The van der Waals surface area contributed by atoms with Gasteiger partial charge in [0.05, 0.1) is 39.1 Å². The lowest BCUT2D eigenvalue weighted by Crippen LogP contribution is -1.98. The molecule has 0 bridgehead atoms. The number of benzene rings is 8. The van der Waals surface area contributed by atoms with Crippen LogP contribution >= 0.6 is 0 Å². The minimum atomic E-state index is 0.801. The number of furan rings is 1. The number of hydrogen-bond acceptors (Lipinski definition) is 3. The van der Waals surface area contributed by atoms with Crippen molar-refractivity contribution in [2.75, 3.05) is 0 Å². The predicted octanol–water partition coefficient (Wildman–Crippen LogP) is 15.2. The van der Waals surface area contributed by atoms with Gasteiger partial charge < -0.3 is 13.6 Å². The fourth-order valence-electron chi connectivity index (χ4n) is 9.62. The predicted molar refractivity (Wildman–Crippen MR) is 260 cm³/mol. The van der Waals surface area contributed by atoms with Crippen LogP contribution < -0.4 is 0 Å². The van der Waals surface area contributed by atoms with E-state index in [1.54, 1.807) is 0 Å². The Morgan fingerprint density at radius 3 is 1.46 bits per heavy atom. The molecule has 13 rings (SSSR count). The second-order valence-corrected chi connectivity index (χ2v) is 16.2. The summed E-state index contributed by atoms with van der Waals surface area (Å²) in [7, 11) is 0. The van der Waals surface area contributed by atoms with E-state index >= 15 is 0 Å². The number of rotatable bonds is 6. The van der Waals surface area contributed by atoms with Crippen LogP contribution in [0.1, 0.15) is 0 Å². The molecule has 13 aromatic rings. The summed E-state index contributed by atoms with van der Waals surface area (Å²) in [5.41, 5.74) is 18.0. The van der Waals surface area contributed by atoms with E-state index in [2.05, 4.69) is 214 Å². The maximum atomic E-state index is 6.09. The van der Waals surface area contributed by atoms with Gasteiger partial charge in [-0.1, -0.05) is 127 Å². The van der Waals surface area contributed by atoms with E-state index in [4.69, 9.17) is 9.40 Å². The maximum Gasteiger partial charge on any atom is 0.153 e. The molecular weight excluding hydrogens is 769 g/mol. The van der Waals surface area contributed by atoms with Gasteiger partial charge in [0, 0.05) is 49.9 Å². The molecule has 0 saturated heterocycles. The molecule has 63 heavy (non-hydrogen) atoms. The second-order valence-electron chi connectivity index (χ2n) is 16.2. The highest BCUT2D eigenvalue weighted by Crippen LogP contribution is 2.40. The van der Waals surface area contributed by atoms with Crippen LogP contribution in [0.5, 0.6) is 0 Å². The van der Waals surface area contributed by atoms with Crippen LogP contribution in [-0.4, -0.2) is 19.1 Å². The fraction of sp³-hybridized carbons (Fsp3) is 0. The molecule has 5 aromatic heterocycles. The Labute approximate surface area is 362 Å². The largest absolute Gasteiger partial charge is 0.454 e. The number of nitrogens with zero attached hydrogens (tertiary/aromatic N) is 4. The van der Waals surface area contributed by atoms with E-state index in [0.717, 1.165) is 83.6 Å². The Hall–Kier alpha value is -8.54. The number of para-hydroxylation sites is 2. The molecule has 0 aliphatic rings. The normalized spacial score (nSPS) is 11.8. The van der Waals surface area contributed by atoms with Gasteiger partial charge in [-0.05, 0) is 107 Å². The van der Waals surface area contributed by atoms with Gasteiger partial charge in [0.2, 0.25) is 0 Å². The maximum absolute atomic E-state index is 6.09. The van der Waals surface area contributed by atoms with Gasteiger partial charge in [-0.25, -0.2) is 4.98 Å². The van der Waals surface area contributed by atoms with Gasteiger partial charge in [-0.2, -0.15) is 0 Å². The third kappa shape index (κ3) is 5.71. The summed E-state index contributed by atoms with van der Waals surface area (Å²) in [6.45, 7) is 0. The second kappa shape index (κ2) is 14.0. The highest BCUT2D eigenvalue weighted by molar-refractivity contribution is 6.13. The Morgan fingerprint density at radius 2 is 0.825 bits per heavy atom. The van der Waals surface area contributed by atoms with Gasteiger partial charge in [-0.3, -0.25) is 4.98 Å². The van der Waals surface area contributed by atoms with Gasteiger partial charge in [0.1, 0.15) is 11.1 Å². The summed E-state index contributed by atoms with van der Waals surface area (Å²) in [5.74, 6) is 0. The molecular formula is C58H36N4O. The van der Waals surface area contributed by atoms with Crippen molar-refractivity contribution in [1.29, 1.82) is 0 Å². The van der Waals surface area contributed by atoms with E-state index in [1.807, 2.05) is 18.3 Å². The van der Waals surface area contributed by atoms with Gasteiger partial charge in [0.25, 0.3) is 0 Å². The molecule has 5 nitrogen and oxygen atoms in total. The topological polar surface area (TPSA) is 48.8 Å². The van der Waals surface area contributed by atoms with Crippen molar-refractivity contribution < 1.29 is 4.42 Å². The van der Waals surface area contributed by atoms with E-state index in [9.17, 15) is 0 Å². The molecule has 0 atom stereocenters. The Morgan fingerprint density at radius 1 is 0.317 bits per heavy atom. The zero-order valence-electron chi connectivity index (χ0n) is 34.0. The van der Waals surface area contributed by atoms with Crippen molar-refractivity contribution in [2.45, 2.75) is 0 Å². The van der Waals surface area contributed by atoms with Gasteiger partial charge in [0.15, 0.2) is 5.58 Å². The van der Waals surface area contributed by atoms with Crippen molar-refractivity contribution in [3.05, 3.63) is 219 Å². The van der Waals surface area contributed by atoms with E-state index < -0.39 is 0 Å². The first kappa shape index (κ1) is 35.2. The first-order chi connectivity index (χ1) is 31.2. The first-order valence-corrected chi connectivity index (χ1v) is 21.3. The molecule has 0 radical (unpaired) electrons. The highest BCUT2D eigenvalue weighted by Gasteiger charge is 2.18. The van der Waals surface area contributed by atoms with Crippen molar-refractivity contribution in [1.82, 2.24) is 19.1 Å². The standard InChI is InChI=1S/C58H36N4O/c1-3-13-37(14-4-1)50-35-44(36-51(60-50)38-15-5-2-6-16-38)62-53-22-10-8-20-46(53)48-33-41(25-28-55(48)62)40-24-27-54-47(32-40)45-19-7-9-21-52(45)61(54)43-18-11-17-39(31-43)42-26-29-56-49(34-42)58-57(63-56)23-12-30-59-58/h1-36H. The third-order valence-corrected chi connectivity index (χ3v) is 12.5. The molecule has 0 unspecified atom stereocenters. The van der Waals surface area contributed by atoms with Crippen LogP contribution in [0.25, 0.3) is 122 Å². The van der Waals surface area contributed by atoms with Crippen LogP contribution in [0, 0.1) is 0 Å². The molecule has 0 saturated carbocycles. The van der Waals surface area contributed by atoms with Crippen molar-refractivity contribution in [3.8, 4) is 56.1 Å². The molecule has 5 heterocycles. The quantitative estimate of drug-likeness (QED) is 0.168. The van der Waals surface area contributed by atoms with Crippen LogP contribution in [0.2, 0.25) is 0 Å². The molecule has 0 amide bonds. The summed E-state index contributed by atoms with van der Waals surface area (Å²) in [6, 6.07) is 75.8. The SMILES string of the molecule is c1ccc(-c2cc(-n3c4ccccc4c4cc(-c5ccc6c(c5)c5ccccc5n6-c5cccc(-c6ccc7oc8cccnc8c7c6)c5)ccc43)cc(-c3ccccc3)n2)cc1. The highest BCUT2D eigenvalue weighted by atomic mass is 16.3. The van der Waals surface area contributed by atoms with Crippen molar-refractivity contribution >= 4 is 65.7 Å². The molecule has 0 fully saturated rings. The average Bonchev–Trinajstić information content (AvgIpc) is 4.01. The first-order valence-electron chi connectivity index (χ1n) is 21.3. The molecule has 5 heteroatoms. The molecule has 294 valence electrons. The lowest BCUT2D eigenvalue weighted by Gasteiger charge is -2.13. The summed E-state index contributed by atoms with van der Waals surface area (Å²) in [5, 5.41) is 5.87. The summed E-state index contributed by atoms with van der Waals surface area (Å²) < 4.78 is 10.9. The van der Waals surface area contributed by atoms with E-state index in [0.29, 0.717) is 0 Å². The molecule has 0 spiro atoms. The summed E-state index contributed by atoms with van der Waals surface area (Å²) >= 11 is 0. The molecule has 0 aliphatic heterocycles. The Kier molecular flexibility index (Phi) is 7.84. The number of aromatic nitrogens is 4. The monoisotopic (exact) mass is 804 g/mol. The fourth-order valence-corrected chi connectivity index (χ4v) is 9.62. The zero-order valence-corrected chi connectivity index (χ0v) is 34.0. The zero-order chi connectivity index (χ0) is 41.4. The summed E-state index contributed by atoms with van der Waals surface area (Å²) in [6.07, 6.45) is 1.82. The number of hydrogen-bond donors (Lipinski definition) is 0. The minimum absolute atomic E-state index is 0.801. The van der Waals surface area contributed by atoms with E-state index in [-0.39, 0.29) is 0 Å². The Balaban J connectivity index is 0.938. The van der Waals surface area contributed by atoms with Gasteiger partial charge in [-0.15, -0.1) is 0 Å². The van der Waals surface area contributed by atoms with E-state index in [1.165, 1.54) is 38.2 Å². The van der Waals surface area contributed by atoms with Crippen molar-refractivity contribution in [3.63, 3.8) is 0 Å². The molecule has 0 aliphatic carbocycles. The van der Waals surface area contributed by atoms with Crippen LogP contribution in [0.15, 0.2) is 223 Å². The Bertz CT molecular complexity index is 3860. The smallest absolute Gasteiger partial charge is 0.153 e. The third-order valence-electron chi connectivity index (χ3n) is 12.5. The molecule has 8 aromatic carbocycles. The molecule has 0 N–H and O–H groups in total. The number of pyridine rings is 2. The number of fused-ring (bicyclic) bond motifs is 9. The van der Waals surface area contributed by atoms with Crippen LogP contribution in [-0.2, 0) is 0 Å². The summed E-state index contributed by atoms with van der Waals surface area (Å²) in [4.78, 5) is 9.81. The minimum Gasteiger partial charge on any atom is -0.454 e. The lowest BCUT2D eigenvalue weighted by molar-refractivity contribution is 0.668. The van der Waals surface area contributed by atoms with Crippen molar-refractivity contribution in [2.24, 2.45) is 0 Å². The van der Waals surface area contributed by atoms with Crippen LogP contribution in [0.3, 0.4) is 0 Å². The lowest BCUT2D eigenvalue weighted by atomic mass is 10.0. The average molecular weight is 805 g/mol. The van der Waals surface area contributed by atoms with Gasteiger partial charge >= 0.3 is 0 Å². The van der Waals surface area contributed by atoms with Crippen LogP contribution in [0.4, 0.5) is 0 Å².